The van der Waals surface area contributed by atoms with Crippen LogP contribution in [0.3, 0.4) is 0 Å². The summed E-state index contributed by atoms with van der Waals surface area (Å²) in [6, 6.07) is 5.55. The van der Waals surface area contributed by atoms with Crippen LogP contribution in [-0.2, 0) is 6.54 Å². The molecule has 0 aliphatic heterocycles. The maximum absolute atomic E-state index is 12.5. The largest absolute Gasteiger partial charge is 0.359 e. The van der Waals surface area contributed by atoms with Gasteiger partial charge in [-0.1, -0.05) is 5.16 Å². The number of amides is 1. The van der Waals surface area contributed by atoms with Crippen LogP contribution in [0.25, 0.3) is 16.2 Å². The number of carbonyl (C=O) groups is 1. The molecule has 4 aromatic rings. The van der Waals surface area contributed by atoms with E-state index in [1.165, 1.54) is 11.3 Å². The number of hydrogen-bond acceptors (Lipinski definition) is 6. The summed E-state index contributed by atoms with van der Waals surface area (Å²) < 4.78 is 7.16. The van der Waals surface area contributed by atoms with Crippen molar-refractivity contribution in [3.8, 4) is 11.3 Å². The average molecular weight is 339 g/mol. The van der Waals surface area contributed by atoms with Gasteiger partial charge in [0.2, 0.25) is 0 Å². The van der Waals surface area contributed by atoms with Crippen LogP contribution in [-0.4, -0.2) is 37.4 Å². The predicted molar refractivity (Wildman–Crippen MR) is 88.6 cm³/mol. The molecule has 8 heteroatoms. The van der Waals surface area contributed by atoms with Crippen molar-refractivity contribution in [3.63, 3.8) is 0 Å². The van der Waals surface area contributed by atoms with Crippen LogP contribution in [0.15, 0.2) is 52.9 Å². The quantitative estimate of drug-likeness (QED) is 0.571. The third-order valence-electron chi connectivity index (χ3n) is 3.57. The Hall–Kier alpha value is -3.00. The van der Waals surface area contributed by atoms with E-state index in [0.29, 0.717) is 23.7 Å². The molecule has 0 aliphatic rings. The van der Waals surface area contributed by atoms with E-state index >= 15 is 0 Å². The van der Waals surface area contributed by atoms with E-state index in [2.05, 4.69) is 15.1 Å². The highest BCUT2D eigenvalue weighted by Gasteiger charge is 2.18. The molecule has 0 saturated heterocycles. The maximum atomic E-state index is 12.5. The Morgan fingerprint density at radius 2 is 2.38 bits per heavy atom. The van der Waals surface area contributed by atoms with E-state index in [4.69, 9.17) is 4.52 Å². The van der Waals surface area contributed by atoms with E-state index in [-0.39, 0.29) is 5.91 Å². The van der Waals surface area contributed by atoms with E-state index < -0.39 is 0 Å². The number of aromatic nitrogens is 4. The monoisotopic (exact) mass is 339 g/mol. The van der Waals surface area contributed by atoms with Crippen LogP contribution >= 0.6 is 11.3 Å². The molecule has 0 N–H and O–H groups in total. The standard InChI is InChI=1S/C16H13N5O2S/c1-20(15(22)14-10-21-5-6-24-16(21)18-14)9-12-7-13(19-23-12)11-3-2-4-17-8-11/h2-8,10H,9H2,1H3. The smallest absolute Gasteiger partial charge is 0.274 e. The average Bonchev–Trinajstić information content (AvgIpc) is 3.30. The van der Waals surface area contributed by atoms with Crippen LogP contribution in [0.5, 0.6) is 0 Å². The first-order chi connectivity index (χ1) is 11.7. The molecule has 4 heterocycles. The number of rotatable bonds is 4. The zero-order chi connectivity index (χ0) is 16.5. The summed E-state index contributed by atoms with van der Waals surface area (Å²) in [4.78, 5) is 23.2. The summed E-state index contributed by atoms with van der Waals surface area (Å²) in [5, 5.41) is 5.95. The number of pyridine rings is 1. The lowest BCUT2D eigenvalue weighted by molar-refractivity contribution is 0.0767. The summed E-state index contributed by atoms with van der Waals surface area (Å²) in [5.41, 5.74) is 1.98. The van der Waals surface area contributed by atoms with Gasteiger partial charge in [-0.05, 0) is 12.1 Å². The number of nitrogens with zero attached hydrogens (tertiary/aromatic N) is 5. The van der Waals surface area contributed by atoms with Gasteiger partial charge in [0.1, 0.15) is 11.4 Å². The summed E-state index contributed by atoms with van der Waals surface area (Å²) in [6.45, 7) is 0.317. The van der Waals surface area contributed by atoms with Crippen LogP contribution in [0.2, 0.25) is 0 Å². The molecule has 0 spiro atoms. The molecule has 0 saturated carbocycles. The van der Waals surface area contributed by atoms with Gasteiger partial charge in [-0.15, -0.1) is 11.3 Å². The molecule has 0 fully saturated rings. The topological polar surface area (TPSA) is 76.5 Å². The van der Waals surface area contributed by atoms with Gasteiger partial charge in [0.05, 0.1) is 6.54 Å². The number of fused-ring (bicyclic) bond motifs is 1. The van der Waals surface area contributed by atoms with Gasteiger partial charge < -0.3 is 9.42 Å². The first-order valence-corrected chi connectivity index (χ1v) is 8.12. The molecule has 0 radical (unpaired) electrons. The van der Waals surface area contributed by atoms with Gasteiger partial charge in [-0.25, -0.2) is 4.98 Å². The fourth-order valence-electron chi connectivity index (χ4n) is 2.37. The van der Waals surface area contributed by atoms with Gasteiger partial charge in [-0.2, -0.15) is 0 Å². The molecule has 0 aromatic carbocycles. The van der Waals surface area contributed by atoms with Crippen molar-refractivity contribution in [2.45, 2.75) is 6.54 Å². The highest BCUT2D eigenvalue weighted by molar-refractivity contribution is 7.15. The molecule has 24 heavy (non-hydrogen) atoms. The number of hydrogen-bond donors (Lipinski definition) is 0. The second kappa shape index (κ2) is 5.89. The van der Waals surface area contributed by atoms with Crippen molar-refractivity contribution in [2.75, 3.05) is 7.05 Å². The molecule has 0 bridgehead atoms. The highest BCUT2D eigenvalue weighted by atomic mass is 32.1. The lowest BCUT2D eigenvalue weighted by Crippen LogP contribution is -2.26. The van der Waals surface area contributed by atoms with Crippen molar-refractivity contribution in [2.24, 2.45) is 0 Å². The van der Waals surface area contributed by atoms with Gasteiger partial charge in [0.25, 0.3) is 5.91 Å². The minimum atomic E-state index is -0.162. The maximum Gasteiger partial charge on any atom is 0.274 e. The fraction of sp³-hybridized carbons (Fsp3) is 0.125. The predicted octanol–water partition coefficient (Wildman–Crippen LogP) is 2.72. The lowest BCUT2D eigenvalue weighted by atomic mass is 10.2. The summed E-state index contributed by atoms with van der Waals surface area (Å²) in [7, 11) is 1.71. The zero-order valence-corrected chi connectivity index (χ0v) is 13.6. The van der Waals surface area contributed by atoms with E-state index in [1.54, 1.807) is 30.5 Å². The number of thiazole rings is 1. The molecule has 7 nitrogen and oxygen atoms in total. The van der Waals surface area contributed by atoms with Crippen molar-refractivity contribution in [3.05, 3.63) is 59.8 Å². The van der Waals surface area contributed by atoms with Gasteiger partial charge in [-0.3, -0.25) is 14.2 Å². The molecule has 4 rings (SSSR count). The number of imidazole rings is 1. The molecule has 120 valence electrons. The minimum absolute atomic E-state index is 0.162. The normalized spacial score (nSPS) is 11.0. The van der Waals surface area contributed by atoms with Crippen LogP contribution in [0.4, 0.5) is 0 Å². The van der Waals surface area contributed by atoms with E-state index in [9.17, 15) is 4.79 Å². The SMILES string of the molecule is CN(Cc1cc(-c2cccnc2)no1)C(=O)c1cn2ccsc2n1. The highest BCUT2D eigenvalue weighted by Crippen LogP contribution is 2.19. The molecule has 1 amide bonds. The summed E-state index contributed by atoms with van der Waals surface area (Å²) in [5.74, 6) is 0.441. The Labute approximate surface area is 141 Å². The van der Waals surface area contributed by atoms with E-state index in [0.717, 1.165) is 10.5 Å². The molecular formula is C16H13N5O2S. The Morgan fingerprint density at radius 1 is 1.46 bits per heavy atom. The minimum Gasteiger partial charge on any atom is -0.359 e. The van der Waals surface area contributed by atoms with Crippen LogP contribution in [0.1, 0.15) is 16.2 Å². The van der Waals surface area contributed by atoms with Crippen molar-refractivity contribution in [1.82, 2.24) is 24.4 Å². The second-order valence-electron chi connectivity index (χ2n) is 5.30. The Kier molecular flexibility index (Phi) is 3.58. The second-order valence-corrected chi connectivity index (χ2v) is 6.17. The van der Waals surface area contributed by atoms with Gasteiger partial charge >= 0.3 is 0 Å². The molecular weight excluding hydrogens is 326 g/mol. The molecule has 0 unspecified atom stereocenters. The van der Waals surface area contributed by atoms with Crippen molar-refractivity contribution in [1.29, 1.82) is 0 Å². The van der Waals surface area contributed by atoms with Gasteiger partial charge in [0, 0.05) is 48.8 Å². The third-order valence-corrected chi connectivity index (χ3v) is 4.34. The Bertz CT molecular complexity index is 960. The summed E-state index contributed by atoms with van der Waals surface area (Å²) >= 11 is 1.49. The van der Waals surface area contributed by atoms with Crippen molar-refractivity contribution >= 4 is 22.2 Å². The van der Waals surface area contributed by atoms with E-state index in [1.807, 2.05) is 34.2 Å². The third kappa shape index (κ3) is 2.67. The Balaban J connectivity index is 1.49. The zero-order valence-electron chi connectivity index (χ0n) is 12.8. The first-order valence-electron chi connectivity index (χ1n) is 7.24. The lowest BCUT2D eigenvalue weighted by Gasteiger charge is -2.13. The fourth-order valence-corrected chi connectivity index (χ4v) is 3.07. The van der Waals surface area contributed by atoms with Crippen LogP contribution in [0, 0.1) is 0 Å². The number of carbonyl (C=O) groups excluding carboxylic acids is 1. The van der Waals surface area contributed by atoms with Crippen molar-refractivity contribution < 1.29 is 9.32 Å². The Morgan fingerprint density at radius 3 is 3.17 bits per heavy atom. The molecule has 0 aliphatic carbocycles. The molecule has 4 aromatic heterocycles. The molecule has 0 atom stereocenters. The van der Waals surface area contributed by atoms with Crippen LogP contribution < -0.4 is 0 Å². The van der Waals surface area contributed by atoms with Gasteiger partial charge in [0.15, 0.2) is 10.7 Å². The first kappa shape index (κ1) is 14.6. The summed E-state index contributed by atoms with van der Waals surface area (Å²) in [6.07, 6.45) is 7.02.